The van der Waals surface area contributed by atoms with E-state index in [1.165, 1.54) is 12.1 Å². The summed E-state index contributed by atoms with van der Waals surface area (Å²) in [5.74, 6) is 0.618. The molecule has 20 heavy (non-hydrogen) atoms. The van der Waals surface area contributed by atoms with Crippen molar-refractivity contribution in [2.75, 3.05) is 26.2 Å². The lowest BCUT2D eigenvalue weighted by molar-refractivity contribution is 0.200. The third kappa shape index (κ3) is 4.17. The minimum absolute atomic E-state index is 0.239. The summed E-state index contributed by atoms with van der Waals surface area (Å²) < 4.78 is 29.7. The molecule has 1 fully saturated rings. The first-order valence-electron chi connectivity index (χ1n) is 6.82. The average molecular weight is 299 g/mol. The number of benzene rings is 1. The highest BCUT2D eigenvalue weighted by atomic mass is 32.2. The molecule has 0 atom stereocenters. The molecule has 1 heterocycles. The minimum atomic E-state index is -3.50. The number of nitrogens with zero attached hydrogens (tertiary/aromatic N) is 1. The Morgan fingerprint density at radius 2 is 1.80 bits per heavy atom. The molecule has 1 aliphatic heterocycles. The third-order valence-electron chi connectivity index (χ3n) is 3.13. The highest BCUT2D eigenvalue weighted by Crippen LogP contribution is 2.17. The maximum absolute atomic E-state index is 12.2. The fourth-order valence-electron chi connectivity index (χ4n) is 2.10. The van der Waals surface area contributed by atoms with Crippen LogP contribution in [-0.4, -0.2) is 39.7 Å². The van der Waals surface area contributed by atoms with Gasteiger partial charge in [0.25, 0.3) is 10.0 Å². The van der Waals surface area contributed by atoms with Crippen LogP contribution < -0.4 is 15.3 Å². The molecule has 0 aromatic heterocycles. The van der Waals surface area contributed by atoms with E-state index in [4.69, 9.17) is 10.5 Å². The topological polar surface area (TPSA) is 84.7 Å². The van der Waals surface area contributed by atoms with E-state index in [1.54, 1.807) is 17.1 Å². The molecule has 0 amide bonds. The molecule has 1 aromatic carbocycles. The summed E-state index contributed by atoms with van der Waals surface area (Å²) in [6, 6.07) is 6.36. The van der Waals surface area contributed by atoms with Crippen LogP contribution in [0, 0.1) is 0 Å². The summed E-state index contributed by atoms with van der Waals surface area (Å²) in [7, 11) is -3.50. The SMILES string of the molecule is NCCOc1ccc(S(=O)(=O)NN2CCCCC2)cc1. The molecule has 0 unspecified atom stereocenters. The van der Waals surface area contributed by atoms with E-state index in [-0.39, 0.29) is 4.90 Å². The van der Waals surface area contributed by atoms with Crippen LogP contribution in [0.5, 0.6) is 5.75 Å². The molecule has 112 valence electrons. The van der Waals surface area contributed by atoms with Crippen molar-refractivity contribution in [1.29, 1.82) is 0 Å². The first-order chi connectivity index (χ1) is 9.62. The van der Waals surface area contributed by atoms with E-state index in [0.29, 0.717) is 18.9 Å². The first kappa shape index (κ1) is 15.2. The van der Waals surface area contributed by atoms with Crippen LogP contribution in [0.2, 0.25) is 0 Å². The van der Waals surface area contributed by atoms with Crippen LogP contribution >= 0.6 is 0 Å². The van der Waals surface area contributed by atoms with Gasteiger partial charge in [-0.3, -0.25) is 0 Å². The zero-order valence-electron chi connectivity index (χ0n) is 11.4. The smallest absolute Gasteiger partial charge is 0.253 e. The number of nitrogens with two attached hydrogens (primary N) is 1. The quantitative estimate of drug-likeness (QED) is 0.808. The summed E-state index contributed by atoms with van der Waals surface area (Å²) in [4.78, 5) is 2.86. The zero-order valence-corrected chi connectivity index (χ0v) is 12.2. The van der Waals surface area contributed by atoms with Crippen molar-refractivity contribution >= 4 is 10.0 Å². The van der Waals surface area contributed by atoms with Gasteiger partial charge in [-0.15, -0.1) is 4.83 Å². The van der Waals surface area contributed by atoms with Crippen molar-refractivity contribution in [1.82, 2.24) is 9.84 Å². The monoisotopic (exact) mass is 299 g/mol. The molecular formula is C13H21N3O3S. The molecule has 2 rings (SSSR count). The van der Waals surface area contributed by atoms with Gasteiger partial charge in [0.05, 0.1) is 4.90 Å². The fraction of sp³-hybridized carbons (Fsp3) is 0.538. The van der Waals surface area contributed by atoms with Crippen molar-refractivity contribution in [3.8, 4) is 5.75 Å². The summed E-state index contributed by atoms with van der Waals surface area (Å²) >= 11 is 0. The summed E-state index contributed by atoms with van der Waals surface area (Å²) in [6.07, 6.45) is 3.20. The Morgan fingerprint density at radius 3 is 2.40 bits per heavy atom. The molecule has 0 aliphatic carbocycles. The van der Waals surface area contributed by atoms with E-state index < -0.39 is 10.0 Å². The number of sulfonamides is 1. The number of hydrazine groups is 1. The van der Waals surface area contributed by atoms with E-state index in [9.17, 15) is 8.42 Å². The second-order valence-electron chi connectivity index (χ2n) is 4.75. The largest absolute Gasteiger partial charge is 0.492 e. The van der Waals surface area contributed by atoms with Gasteiger partial charge in [0.2, 0.25) is 0 Å². The van der Waals surface area contributed by atoms with Crippen LogP contribution in [0.15, 0.2) is 29.2 Å². The zero-order chi connectivity index (χ0) is 14.4. The van der Waals surface area contributed by atoms with Crippen molar-refractivity contribution in [2.45, 2.75) is 24.2 Å². The second kappa shape index (κ2) is 7.03. The van der Waals surface area contributed by atoms with Crippen molar-refractivity contribution in [3.63, 3.8) is 0 Å². The van der Waals surface area contributed by atoms with Gasteiger partial charge in [-0.05, 0) is 37.1 Å². The number of piperidine rings is 1. The van der Waals surface area contributed by atoms with E-state index in [0.717, 1.165) is 32.4 Å². The molecule has 3 N–H and O–H groups in total. The molecule has 0 radical (unpaired) electrons. The number of nitrogens with one attached hydrogen (secondary N) is 1. The van der Waals surface area contributed by atoms with Gasteiger partial charge < -0.3 is 10.5 Å². The number of hydrogen-bond donors (Lipinski definition) is 2. The van der Waals surface area contributed by atoms with Crippen LogP contribution in [-0.2, 0) is 10.0 Å². The summed E-state index contributed by atoms with van der Waals surface area (Å²) in [5.41, 5.74) is 5.34. The molecule has 1 saturated heterocycles. The average Bonchev–Trinajstić information content (AvgIpc) is 2.46. The standard InChI is InChI=1S/C13H21N3O3S/c14-8-11-19-12-4-6-13(7-5-12)20(17,18)15-16-9-2-1-3-10-16/h4-7,15H,1-3,8-11,14H2. The van der Waals surface area contributed by atoms with Gasteiger partial charge >= 0.3 is 0 Å². The lowest BCUT2D eigenvalue weighted by atomic mass is 10.2. The highest BCUT2D eigenvalue weighted by molar-refractivity contribution is 7.89. The predicted octanol–water partition coefficient (Wildman–Crippen LogP) is 0.703. The Hall–Kier alpha value is -1.15. The van der Waals surface area contributed by atoms with E-state index >= 15 is 0 Å². The van der Waals surface area contributed by atoms with Gasteiger partial charge in [-0.25, -0.2) is 13.4 Å². The lowest BCUT2D eigenvalue weighted by Crippen LogP contribution is -2.44. The summed E-state index contributed by atoms with van der Waals surface area (Å²) in [6.45, 7) is 2.36. The Labute approximate surface area is 119 Å². The predicted molar refractivity (Wildman–Crippen MR) is 76.7 cm³/mol. The molecular weight excluding hydrogens is 278 g/mol. The molecule has 6 nitrogen and oxygen atoms in total. The van der Waals surface area contributed by atoms with Gasteiger partial charge in [0.1, 0.15) is 12.4 Å². The molecule has 7 heteroatoms. The van der Waals surface area contributed by atoms with Gasteiger partial charge in [-0.2, -0.15) is 0 Å². The highest BCUT2D eigenvalue weighted by Gasteiger charge is 2.19. The van der Waals surface area contributed by atoms with Crippen molar-refractivity contribution < 1.29 is 13.2 Å². The van der Waals surface area contributed by atoms with Gasteiger partial charge in [0.15, 0.2) is 0 Å². The maximum atomic E-state index is 12.2. The number of ether oxygens (including phenoxy) is 1. The Kier molecular flexibility index (Phi) is 5.36. The third-order valence-corrected chi connectivity index (χ3v) is 4.52. The second-order valence-corrected chi connectivity index (χ2v) is 6.41. The van der Waals surface area contributed by atoms with Gasteiger partial charge in [0, 0.05) is 19.6 Å². The van der Waals surface area contributed by atoms with Crippen LogP contribution in [0.3, 0.4) is 0 Å². The van der Waals surface area contributed by atoms with Gasteiger partial charge in [-0.1, -0.05) is 6.42 Å². The fourth-order valence-corrected chi connectivity index (χ4v) is 3.22. The van der Waals surface area contributed by atoms with Crippen LogP contribution in [0.4, 0.5) is 0 Å². The number of hydrogen-bond acceptors (Lipinski definition) is 5. The van der Waals surface area contributed by atoms with E-state index in [2.05, 4.69) is 4.83 Å². The molecule has 1 aliphatic rings. The Bertz CT molecular complexity index is 510. The molecule has 0 spiro atoms. The first-order valence-corrected chi connectivity index (χ1v) is 8.30. The summed E-state index contributed by atoms with van der Waals surface area (Å²) in [5, 5.41) is 1.76. The van der Waals surface area contributed by atoms with Crippen LogP contribution in [0.1, 0.15) is 19.3 Å². The normalized spacial score (nSPS) is 17.1. The maximum Gasteiger partial charge on any atom is 0.253 e. The van der Waals surface area contributed by atoms with Crippen molar-refractivity contribution in [3.05, 3.63) is 24.3 Å². The lowest BCUT2D eigenvalue weighted by Gasteiger charge is -2.26. The van der Waals surface area contributed by atoms with E-state index in [1.807, 2.05) is 0 Å². The molecule has 1 aromatic rings. The van der Waals surface area contributed by atoms with Crippen LogP contribution in [0.25, 0.3) is 0 Å². The van der Waals surface area contributed by atoms with Crippen molar-refractivity contribution in [2.24, 2.45) is 5.73 Å². The number of rotatable bonds is 6. The Balaban J connectivity index is 2.01. The molecule has 0 bridgehead atoms. The Morgan fingerprint density at radius 1 is 1.15 bits per heavy atom. The molecule has 0 saturated carbocycles. The minimum Gasteiger partial charge on any atom is -0.492 e.